The van der Waals surface area contributed by atoms with Gasteiger partial charge in [0.25, 0.3) is 0 Å². The standard InChI is InChI=1S/C13H14N2O3S/c14-11(13(16)17)8-19-7-10-6-12(15-18-10)9-4-2-1-3-5-9/h1-6,11H,7-8,14H2,(H,16,17). The Hall–Kier alpha value is -1.79. The predicted molar refractivity (Wildman–Crippen MR) is 73.7 cm³/mol. The van der Waals surface area contributed by atoms with Crippen LogP contribution in [0, 0.1) is 0 Å². The van der Waals surface area contributed by atoms with Gasteiger partial charge in [-0.2, -0.15) is 11.8 Å². The van der Waals surface area contributed by atoms with Gasteiger partial charge in [-0.25, -0.2) is 0 Å². The van der Waals surface area contributed by atoms with Gasteiger partial charge >= 0.3 is 5.97 Å². The van der Waals surface area contributed by atoms with E-state index in [9.17, 15) is 4.79 Å². The van der Waals surface area contributed by atoms with Gasteiger partial charge < -0.3 is 15.4 Å². The van der Waals surface area contributed by atoms with Gasteiger partial charge in [0.15, 0.2) is 0 Å². The molecule has 0 spiro atoms. The molecule has 1 heterocycles. The maximum atomic E-state index is 10.6. The first-order valence-corrected chi connectivity index (χ1v) is 6.89. The maximum Gasteiger partial charge on any atom is 0.321 e. The summed E-state index contributed by atoms with van der Waals surface area (Å²) in [5, 5.41) is 12.6. The number of hydrogen-bond donors (Lipinski definition) is 2. The predicted octanol–water partition coefficient (Wildman–Crippen LogP) is 1.99. The first-order chi connectivity index (χ1) is 9.16. The summed E-state index contributed by atoms with van der Waals surface area (Å²) in [4.78, 5) is 10.6. The number of carboxylic acid groups (broad SMARTS) is 1. The van der Waals surface area contributed by atoms with E-state index in [1.54, 1.807) is 0 Å². The number of benzene rings is 1. The van der Waals surface area contributed by atoms with Gasteiger partial charge in [0.2, 0.25) is 0 Å². The Bertz CT molecular complexity index is 542. The maximum absolute atomic E-state index is 10.6. The molecule has 1 unspecified atom stereocenters. The first kappa shape index (κ1) is 13.6. The number of nitrogens with zero attached hydrogens (tertiary/aromatic N) is 1. The Labute approximate surface area is 114 Å². The fraction of sp³-hybridized carbons (Fsp3) is 0.231. The van der Waals surface area contributed by atoms with Crippen LogP contribution in [0.2, 0.25) is 0 Å². The molecule has 0 saturated carbocycles. The minimum atomic E-state index is -0.991. The van der Waals surface area contributed by atoms with E-state index in [1.165, 1.54) is 11.8 Å². The van der Waals surface area contributed by atoms with Crippen LogP contribution in [0.1, 0.15) is 5.76 Å². The lowest BCUT2D eigenvalue weighted by atomic mass is 10.1. The van der Waals surface area contributed by atoms with Crippen LogP contribution in [-0.4, -0.2) is 28.0 Å². The first-order valence-electron chi connectivity index (χ1n) is 5.74. The summed E-state index contributed by atoms with van der Waals surface area (Å²) in [6.07, 6.45) is 0. The highest BCUT2D eigenvalue weighted by molar-refractivity contribution is 7.98. The number of nitrogens with two attached hydrogens (primary N) is 1. The molecule has 0 radical (unpaired) electrons. The molecule has 19 heavy (non-hydrogen) atoms. The third-order valence-electron chi connectivity index (χ3n) is 2.49. The summed E-state index contributed by atoms with van der Waals surface area (Å²) in [7, 11) is 0. The van der Waals surface area contributed by atoms with E-state index in [0.29, 0.717) is 17.3 Å². The molecule has 0 aliphatic rings. The quantitative estimate of drug-likeness (QED) is 0.840. The Kier molecular flexibility index (Phi) is 4.59. The van der Waals surface area contributed by atoms with Crippen LogP contribution in [-0.2, 0) is 10.5 Å². The number of carboxylic acids is 1. The van der Waals surface area contributed by atoms with Gasteiger partial charge in [0, 0.05) is 17.4 Å². The van der Waals surface area contributed by atoms with Crippen molar-refractivity contribution in [2.75, 3.05) is 5.75 Å². The summed E-state index contributed by atoms with van der Waals surface area (Å²) < 4.78 is 5.20. The van der Waals surface area contributed by atoms with Crippen LogP contribution < -0.4 is 5.73 Å². The minimum Gasteiger partial charge on any atom is -0.480 e. The molecule has 0 aliphatic carbocycles. The minimum absolute atomic E-state index is 0.344. The average Bonchev–Trinajstić information content (AvgIpc) is 2.88. The van der Waals surface area contributed by atoms with Crippen molar-refractivity contribution in [1.82, 2.24) is 5.16 Å². The molecule has 1 aromatic heterocycles. The molecule has 1 atom stereocenters. The van der Waals surface area contributed by atoms with Crippen molar-refractivity contribution < 1.29 is 14.4 Å². The molecule has 1 aromatic carbocycles. The summed E-state index contributed by atoms with van der Waals surface area (Å²) in [6, 6.07) is 10.7. The lowest BCUT2D eigenvalue weighted by Gasteiger charge is -2.03. The molecule has 0 amide bonds. The van der Waals surface area contributed by atoms with Crippen molar-refractivity contribution in [3.63, 3.8) is 0 Å². The molecule has 2 rings (SSSR count). The van der Waals surface area contributed by atoms with Crippen molar-refractivity contribution in [2.24, 2.45) is 5.73 Å². The van der Waals surface area contributed by atoms with Crippen LogP contribution in [0.15, 0.2) is 40.9 Å². The Morgan fingerprint density at radius 1 is 1.42 bits per heavy atom. The molecule has 5 nitrogen and oxygen atoms in total. The second-order valence-corrected chi connectivity index (χ2v) is 5.03. The van der Waals surface area contributed by atoms with Crippen LogP contribution in [0.25, 0.3) is 11.3 Å². The van der Waals surface area contributed by atoms with E-state index in [-0.39, 0.29) is 0 Å². The van der Waals surface area contributed by atoms with Crippen molar-refractivity contribution in [3.05, 3.63) is 42.2 Å². The third kappa shape index (κ3) is 3.84. The molecular formula is C13H14N2O3S. The number of aromatic nitrogens is 1. The Morgan fingerprint density at radius 3 is 2.84 bits per heavy atom. The van der Waals surface area contributed by atoms with E-state index in [1.807, 2.05) is 36.4 Å². The molecule has 100 valence electrons. The molecule has 6 heteroatoms. The van der Waals surface area contributed by atoms with Gasteiger partial charge in [-0.1, -0.05) is 35.5 Å². The van der Waals surface area contributed by atoms with E-state index in [4.69, 9.17) is 15.4 Å². The van der Waals surface area contributed by atoms with Crippen molar-refractivity contribution >= 4 is 17.7 Å². The van der Waals surface area contributed by atoms with Crippen LogP contribution in [0.3, 0.4) is 0 Å². The van der Waals surface area contributed by atoms with Gasteiger partial charge in [-0.05, 0) is 0 Å². The summed E-state index contributed by atoms with van der Waals surface area (Å²) >= 11 is 1.41. The van der Waals surface area contributed by atoms with E-state index < -0.39 is 12.0 Å². The molecule has 0 fully saturated rings. The second kappa shape index (κ2) is 6.40. The number of carbonyl (C=O) groups is 1. The zero-order valence-corrected chi connectivity index (χ0v) is 11.0. The molecule has 2 aromatic rings. The second-order valence-electron chi connectivity index (χ2n) is 4.00. The Balaban J connectivity index is 1.90. The normalized spacial score (nSPS) is 12.3. The number of thioether (sulfide) groups is 1. The number of aliphatic carboxylic acids is 1. The largest absolute Gasteiger partial charge is 0.480 e. The smallest absolute Gasteiger partial charge is 0.321 e. The lowest BCUT2D eigenvalue weighted by molar-refractivity contribution is -0.137. The van der Waals surface area contributed by atoms with Gasteiger partial charge in [0.05, 0.1) is 5.75 Å². The monoisotopic (exact) mass is 278 g/mol. The van der Waals surface area contributed by atoms with Gasteiger partial charge in [-0.3, -0.25) is 4.79 Å². The van der Waals surface area contributed by atoms with E-state index >= 15 is 0 Å². The van der Waals surface area contributed by atoms with E-state index in [0.717, 1.165) is 11.3 Å². The summed E-state index contributed by atoms with van der Waals surface area (Å²) in [6.45, 7) is 0. The van der Waals surface area contributed by atoms with Gasteiger partial charge in [-0.15, -0.1) is 0 Å². The Morgan fingerprint density at radius 2 is 2.16 bits per heavy atom. The zero-order valence-electron chi connectivity index (χ0n) is 10.2. The fourth-order valence-electron chi connectivity index (χ4n) is 1.48. The molecule has 0 saturated heterocycles. The SMILES string of the molecule is NC(CSCc1cc(-c2ccccc2)no1)C(=O)O. The van der Waals surface area contributed by atoms with Crippen LogP contribution >= 0.6 is 11.8 Å². The van der Waals surface area contributed by atoms with Crippen molar-refractivity contribution in [1.29, 1.82) is 0 Å². The van der Waals surface area contributed by atoms with Crippen molar-refractivity contribution in [2.45, 2.75) is 11.8 Å². The van der Waals surface area contributed by atoms with Gasteiger partial charge in [0.1, 0.15) is 17.5 Å². The van der Waals surface area contributed by atoms with Crippen LogP contribution in [0.5, 0.6) is 0 Å². The highest BCUT2D eigenvalue weighted by atomic mass is 32.2. The highest BCUT2D eigenvalue weighted by Crippen LogP contribution is 2.21. The topological polar surface area (TPSA) is 89.4 Å². The molecular weight excluding hydrogens is 264 g/mol. The average molecular weight is 278 g/mol. The van der Waals surface area contributed by atoms with Crippen molar-refractivity contribution in [3.8, 4) is 11.3 Å². The zero-order chi connectivity index (χ0) is 13.7. The lowest BCUT2D eigenvalue weighted by Crippen LogP contribution is -2.32. The summed E-state index contributed by atoms with van der Waals surface area (Å²) in [5.41, 5.74) is 7.18. The van der Waals surface area contributed by atoms with Crippen LogP contribution in [0.4, 0.5) is 0 Å². The number of rotatable bonds is 6. The molecule has 3 N–H and O–H groups in total. The highest BCUT2D eigenvalue weighted by Gasteiger charge is 2.12. The van der Waals surface area contributed by atoms with E-state index in [2.05, 4.69) is 5.16 Å². The number of hydrogen-bond acceptors (Lipinski definition) is 5. The molecule has 0 bridgehead atoms. The summed E-state index contributed by atoms with van der Waals surface area (Å²) in [5.74, 6) is 0.619. The third-order valence-corrected chi connectivity index (χ3v) is 3.57. The molecule has 0 aliphatic heterocycles. The fourth-order valence-corrected chi connectivity index (χ4v) is 2.34.